The van der Waals surface area contributed by atoms with Crippen molar-refractivity contribution in [2.45, 2.75) is 26.3 Å². The standard InChI is InChI=1S/C11H14N2O4.ClH/c1-6-3-4-10(13(16)17)8(7(6)2)5-9(12)11(14)15;/h3-4,9H,5,12H2,1-2H3,(H,14,15);1H. The largest absolute Gasteiger partial charge is 0.480 e. The number of aryl methyl sites for hydroxylation is 1. The number of hydrogen-bond acceptors (Lipinski definition) is 4. The number of halogens is 1. The number of nitrogens with two attached hydrogens (primary N) is 1. The van der Waals surface area contributed by atoms with Gasteiger partial charge < -0.3 is 10.8 Å². The van der Waals surface area contributed by atoms with Crippen LogP contribution in [0.3, 0.4) is 0 Å². The molecule has 1 unspecified atom stereocenters. The van der Waals surface area contributed by atoms with E-state index in [0.717, 1.165) is 11.1 Å². The van der Waals surface area contributed by atoms with Crippen LogP contribution < -0.4 is 5.73 Å². The molecule has 0 aromatic heterocycles. The molecule has 6 nitrogen and oxygen atoms in total. The van der Waals surface area contributed by atoms with Gasteiger partial charge in [-0.25, -0.2) is 0 Å². The van der Waals surface area contributed by atoms with Crippen molar-refractivity contribution in [2.75, 3.05) is 0 Å². The van der Waals surface area contributed by atoms with Gasteiger partial charge in [0.1, 0.15) is 6.04 Å². The van der Waals surface area contributed by atoms with Crippen LogP contribution in [0.4, 0.5) is 5.69 Å². The third-order valence-corrected chi connectivity index (χ3v) is 2.78. The predicted molar refractivity (Wildman–Crippen MR) is 69.1 cm³/mol. The molecule has 100 valence electrons. The van der Waals surface area contributed by atoms with Gasteiger partial charge in [0.05, 0.1) is 4.92 Å². The molecule has 0 saturated carbocycles. The van der Waals surface area contributed by atoms with Crippen LogP contribution in [0, 0.1) is 24.0 Å². The fourth-order valence-corrected chi connectivity index (χ4v) is 1.60. The SMILES string of the molecule is Cc1ccc([N+](=O)[O-])c(CC(N)C(=O)O)c1C.Cl. The number of nitro groups is 1. The van der Waals surface area contributed by atoms with Crippen LogP contribution in [0.25, 0.3) is 0 Å². The number of carbonyl (C=O) groups is 1. The van der Waals surface area contributed by atoms with Gasteiger partial charge in [-0.1, -0.05) is 6.07 Å². The normalized spacial score (nSPS) is 11.5. The van der Waals surface area contributed by atoms with E-state index in [1.165, 1.54) is 6.07 Å². The molecule has 0 fully saturated rings. The summed E-state index contributed by atoms with van der Waals surface area (Å²) in [6, 6.07) is 1.89. The Balaban J connectivity index is 0.00000289. The number of aliphatic carboxylic acids is 1. The van der Waals surface area contributed by atoms with Gasteiger partial charge in [-0.15, -0.1) is 12.4 Å². The van der Waals surface area contributed by atoms with Gasteiger partial charge in [-0.2, -0.15) is 0 Å². The van der Waals surface area contributed by atoms with Crippen LogP contribution in [0.5, 0.6) is 0 Å². The number of carboxylic acid groups (broad SMARTS) is 1. The smallest absolute Gasteiger partial charge is 0.320 e. The summed E-state index contributed by atoms with van der Waals surface area (Å²) in [5.41, 5.74) is 7.33. The molecule has 18 heavy (non-hydrogen) atoms. The van der Waals surface area contributed by atoms with Gasteiger partial charge in [0.25, 0.3) is 5.69 Å². The third kappa shape index (κ3) is 3.41. The molecule has 0 bridgehead atoms. The first kappa shape index (κ1) is 16.3. The van der Waals surface area contributed by atoms with E-state index in [2.05, 4.69) is 0 Å². The average molecular weight is 275 g/mol. The molecule has 7 heteroatoms. The minimum absolute atomic E-state index is 0. The zero-order valence-electron chi connectivity index (χ0n) is 10.0. The fourth-order valence-electron chi connectivity index (χ4n) is 1.60. The maximum Gasteiger partial charge on any atom is 0.320 e. The van der Waals surface area contributed by atoms with Gasteiger partial charge in [0, 0.05) is 18.1 Å². The van der Waals surface area contributed by atoms with E-state index in [-0.39, 0.29) is 24.5 Å². The van der Waals surface area contributed by atoms with Crippen LogP contribution >= 0.6 is 12.4 Å². The number of nitrogens with zero attached hydrogens (tertiary/aromatic N) is 1. The molecule has 1 aromatic carbocycles. The predicted octanol–water partition coefficient (Wildman–Crippen LogP) is 1.59. The fraction of sp³-hybridized carbons (Fsp3) is 0.364. The zero-order valence-corrected chi connectivity index (χ0v) is 10.9. The third-order valence-electron chi connectivity index (χ3n) is 2.78. The van der Waals surface area contributed by atoms with Crippen LogP contribution in [-0.2, 0) is 11.2 Å². The lowest BCUT2D eigenvalue weighted by molar-refractivity contribution is -0.385. The van der Waals surface area contributed by atoms with Crippen molar-refractivity contribution in [2.24, 2.45) is 5.73 Å². The minimum Gasteiger partial charge on any atom is -0.480 e. The van der Waals surface area contributed by atoms with Crippen LogP contribution in [-0.4, -0.2) is 22.0 Å². The first-order valence-electron chi connectivity index (χ1n) is 5.06. The summed E-state index contributed by atoms with van der Waals surface area (Å²) < 4.78 is 0. The summed E-state index contributed by atoms with van der Waals surface area (Å²) in [4.78, 5) is 21.0. The lowest BCUT2D eigenvalue weighted by Gasteiger charge is -2.11. The lowest BCUT2D eigenvalue weighted by atomic mass is 9.96. The molecular weight excluding hydrogens is 260 g/mol. The number of hydrogen-bond donors (Lipinski definition) is 2. The Morgan fingerprint density at radius 3 is 2.50 bits per heavy atom. The summed E-state index contributed by atoms with van der Waals surface area (Å²) in [5.74, 6) is -1.17. The molecule has 0 aliphatic rings. The number of rotatable bonds is 4. The summed E-state index contributed by atoms with van der Waals surface area (Å²) in [6.07, 6.45) is -0.0425. The molecule has 0 spiro atoms. The van der Waals surface area contributed by atoms with Gasteiger partial charge in [-0.05, 0) is 25.0 Å². The minimum atomic E-state index is -1.17. The molecule has 1 aromatic rings. The highest BCUT2D eigenvalue weighted by molar-refractivity contribution is 5.85. The van der Waals surface area contributed by atoms with Crippen molar-refractivity contribution in [3.63, 3.8) is 0 Å². The maximum atomic E-state index is 10.9. The van der Waals surface area contributed by atoms with Crippen molar-refractivity contribution in [3.05, 3.63) is 38.9 Å². The Labute approximate surface area is 110 Å². The molecular formula is C11H15ClN2O4. The number of nitro benzene ring substituents is 1. The molecule has 3 N–H and O–H groups in total. The van der Waals surface area contributed by atoms with Crippen molar-refractivity contribution >= 4 is 24.1 Å². The van der Waals surface area contributed by atoms with E-state index < -0.39 is 16.9 Å². The second-order valence-electron chi connectivity index (χ2n) is 3.91. The molecule has 1 rings (SSSR count). The molecule has 0 amide bonds. The van der Waals surface area contributed by atoms with Crippen molar-refractivity contribution in [1.82, 2.24) is 0 Å². The second-order valence-corrected chi connectivity index (χ2v) is 3.91. The summed E-state index contributed by atoms with van der Waals surface area (Å²) >= 11 is 0. The average Bonchev–Trinajstić information content (AvgIpc) is 2.24. The maximum absolute atomic E-state index is 10.9. The Morgan fingerprint density at radius 1 is 1.50 bits per heavy atom. The van der Waals surface area contributed by atoms with E-state index >= 15 is 0 Å². The first-order valence-corrected chi connectivity index (χ1v) is 5.06. The quantitative estimate of drug-likeness (QED) is 0.640. The van der Waals surface area contributed by atoms with Crippen LogP contribution in [0.2, 0.25) is 0 Å². The van der Waals surface area contributed by atoms with Gasteiger partial charge in [0.15, 0.2) is 0 Å². The second kappa shape index (κ2) is 6.32. The Morgan fingerprint density at radius 2 is 2.06 bits per heavy atom. The molecule has 0 heterocycles. The van der Waals surface area contributed by atoms with E-state index in [0.29, 0.717) is 5.56 Å². The summed E-state index contributed by atoms with van der Waals surface area (Å²) in [7, 11) is 0. The monoisotopic (exact) mass is 274 g/mol. The zero-order chi connectivity index (χ0) is 13.2. The topological polar surface area (TPSA) is 106 Å². The van der Waals surface area contributed by atoms with E-state index in [9.17, 15) is 14.9 Å². The molecule has 0 aliphatic heterocycles. The van der Waals surface area contributed by atoms with E-state index in [1.54, 1.807) is 13.0 Å². The van der Waals surface area contributed by atoms with Gasteiger partial charge >= 0.3 is 5.97 Å². The summed E-state index contributed by atoms with van der Waals surface area (Å²) in [6.45, 7) is 3.54. The first-order chi connectivity index (χ1) is 7.84. The molecule has 0 saturated heterocycles. The number of benzene rings is 1. The Kier molecular flexibility index (Phi) is 5.74. The van der Waals surface area contributed by atoms with Crippen molar-refractivity contribution in [1.29, 1.82) is 0 Å². The Hall–Kier alpha value is -1.66. The highest BCUT2D eigenvalue weighted by Gasteiger charge is 2.22. The number of carboxylic acids is 1. The lowest BCUT2D eigenvalue weighted by Crippen LogP contribution is -2.32. The summed E-state index contributed by atoms with van der Waals surface area (Å²) in [5, 5.41) is 19.6. The van der Waals surface area contributed by atoms with E-state index in [1.807, 2.05) is 6.92 Å². The van der Waals surface area contributed by atoms with Crippen LogP contribution in [0.15, 0.2) is 12.1 Å². The van der Waals surface area contributed by atoms with Gasteiger partial charge in [0.2, 0.25) is 0 Å². The molecule has 0 aliphatic carbocycles. The molecule has 0 radical (unpaired) electrons. The van der Waals surface area contributed by atoms with E-state index in [4.69, 9.17) is 10.8 Å². The highest BCUT2D eigenvalue weighted by Crippen LogP contribution is 2.25. The van der Waals surface area contributed by atoms with Crippen molar-refractivity contribution in [3.8, 4) is 0 Å². The molecule has 1 atom stereocenters. The highest BCUT2D eigenvalue weighted by atomic mass is 35.5. The van der Waals surface area contributed by atoms with Crippen LogP contribution in [0.1, 0.15) is 16.7 Å². The Bertz CT molecular complexity index is 476. The van der Waals surface area contributed by atoms with Gasteiger partial charge in [-0.3, -0.25) is 14.9 Å². The van der Waals surface area contributed by atoms with Crippen molar-refractivity contribution < 1.29 is 14.8 Å².